The van der Waals surface area contributed by atoms with Crippen molar-refractivity contribution in [1.82, 2.24) is 0 Å². The quantitative estimate of drug-likeness (QED) is 0.266. The molecule has 1 nitrogen and oxygen atoms in total. The Morgan fingerprint density at radius 1 is 0.640 bits per heavy atom. The smallest absolute Gasteiger partial charge is 0.236 e. The van der Waals surface area contributed by atoms with Crippen molar-refractivity contribution in [3.63, 3.8) is 0 Å². The highest BCUT2D eigenvalue weighted by Gasteiger charge is 1.96. The maximum Gasteiger partial charge on any atom is 0.236 e. The van der Waals surface area contributed by atoms with Crippen LogP contribution in [-0.4, -0.2) is 20.3 Å². The van der Waals surface area contributed by atoms with Crippen molar-refractivity contribution in [1.29, 1.82) is 0 Å². The second kappa shape index (κ2) is 19.9. The molecule has 0 atom stereocenters. The van der Waals surface area contributed by atoms with E-state index in [-0.39, 0.29) is 0 Å². The molecular weight excluding hydrogens is 319 g/mol. The molecule has 0 aliphatic carbocycles. The zero-order valence-corrected chi connectivity index (χ0v) is 18.8. The van der Waals surface area contributed by atoms with Crippen LogP contribution in [0.5, 0.6) is 5.75 Å². The van der Waals surface area contributed by atoms with E-state index in [1.165, 1.54) is 69.8 Å². The van der Waals surface area contributed by atoms with Gasteiger partial charge in [-0.05, 0) is 19.1 Å². The first-order valence-electron chi connectivity index (χ1n) is 11.0. The number of hydrogen-bond acceptors (Lipinski definition) is 1. The van der Waals surface area contributed by atoms with E-state index in [2.05, 4.69) is 13.8 Å². The molecule has 1 aromatic rings. The Hall–Kier alpha value is -0.448. The van der Waals surface area contributed by atoms with Gasteiger partial charge < -0.3 is 5.11 Å². The van der Waals surface area contributed by atoms with Crippen LogP contribution in [0, 0.1) is 6.92 Å². The van der Waals surface area contributed by atoms with Gasteiger partial charge in [0.25, 0.3) is 0 Å². The molecule has 0 radical (unpaired) electrons. The second-order valence-electron chi connectivity index (χ2n) is 7.43. The van der Waals surface area contributed by atoms with E-state index in [0.29, 0.717) is 21.0 Å². The summed E-state index contributed by atoms with van der Waals surface area (Å²) in [4.78, 5) is 0. The lowest BCUT2D eigenvalue weighted by Crippen LogP contribution is -1.90. The van der Waals surface area contributed by atoms with E-state index in [0.717, 1.165) is 0 Å². The number of rotatable bonds is 14. The molecule has 2 heteroatoms. The minimum absolute atomic E-state index is 0.329. The summed E-state index contributed by atoms with van der Waals surface area (Å²) in [6.45, 7) is 6.58. The van der Waals surface area contributed by atoms with Gasteiger partial charge in [-0.3, -0.25) is 0 Å². The third-order valence-corrected chi connectivity index (χ3v) is 6.74. The largest absolute Gasteiger partial charge is 0.508 e. The van der Waals surface area contributed by atoms with E-state index in [4.69, 9.17) is 5.11 Å². The fourth-order valence-corrected chi connectivity index (χ4v) is 4.76. The van der Waals surface area contributed by atoms with Gasteiger partial charge in [0.15, 0.2) is 0 Å². The number of aromatic hydroxyl groups is 1. The third kappa shape index (κ3) is 19.7. The van der Waals surface area contributed by atoms with Gasteiger partial charge in [0.2, 0.25) is 15.2 Å². The van der Waals surface area contributed by atoms with Gasteiger partial charge in [0, 0.05) is 0 Å². The van der Waals surface area contributed by atoms with Crippen LogP contribution >= 0.6 is 0 Å². The summed E-state index contributed by atoms with van der Waals surface area (Å²) in [5, 5.41) is 12.0. The minimum atomic E-state index is 0.329. The molecule has 0 saturated carbocycles. The van der Waals surface area contributed by atoms with Crippen molar-refractivity contribution < 1.29 is 5.11 Å². The van der Waals surface area contributed by atoms with Gasteiger partial charge >= 0.3 is 0 Å². The Morgan fingerprint density at radius 3 is 1.44 bits per heavy atom. The van der Waals surface area contributed by atoms with Crippen molar-refractivity contribution in [3.8, 4) is 5.75 Å². The molecule has 0 unspecified atom stereocenters. The van der Waals surface area contributed by atoms with Gasteiger partial charge in [0.05, 0.1) is 0 Å². The molecule has 25 heavy (non-hydrogen) atoms. The Kier molecular flexibility index (Phi) is 19.5. The first-order chi connectivity index (χ1) is 12.2. The molecule has 1 rings (SSSR count). The SMILES string of the molecule is CCCCCCC[CH2][AlH][CH2]CCCCCCC.Cc1ccc(O)cc1. The van der Waals surface area contributed by atoms with Gasteiger partial charge in [-0.1, -0.05) is 119 Å². The summed E-state index contributed by atoms with van der Waals surface area (Å²) in [6.07, 6.45) is 17.8. The fourth-order valence-electron chi connectivity index (χ4n) is 2.99. The molecule has 0 spiro atoms. The normalized spacial score (nSPS) is 10.2. The Balaban J connectivity index is 0.000000593. The number of aryl methyl sites for hydroxylation is 1. The first-order valence-corrected chi connectivity index (χ1v) is 13.0. The topological polar surface area (TPSA) is 20.2 Å². The van der Waals surface area contributed by atoms with Crippen LogP contribution in [0.3, 0.4) is 0 Å². The number of hydrogen-bond donors (Lipinski definition) is 1. The van der Waals surface area contributed by atoms with E-state index < -0.39 is 0 Å². The predicted octanol–water partition coefficient (Wildman–Crippen LogP) is 7.68. The molecule has 1 aromatic carbocycles. The number of unbranched alkanes of at least 4 members (excludes halogenated alkanes) is 10. The van der Waals surface area contributed by atoms with Crippen LogP contribution in [0.1, 0.15) is 96.5 Å². The summed E-state index contributed by atoms with van der Waals surface area (Å²) in [5.74, 6) is 0.329. The third-order valence-electron chi connectivity index (χ3n) is 4.74. The highest BCUT2D eigenvalue weighted by atomic mass is 27.1. The monoisotopic (exact) mass is 362 g/mol. The number of benzene rings is 1. The van der Waals surface area contributed by atoms with Gasteiger partial charge in [0.1, 0.15) is 5.75 Å². The van der Waals surface area contributed by atoms with Crippen LogP contribution in [0.4, 0.5) is 0 Å². The molecule has 0 aliphatic rings. The summed E-state index contributed by atoms with van der Waals surface area (Å²) >= 11 is 0.332. The molecule has 0 aliphatic heterocycles. The van der Waals surface area contributed by atoms with Crippen molar-refractivity contribution in [2.75, 3.05) is 0 Å². The van der Waals surface area contributed by atoms with Gasteiger partial charge in [-0.25, -0.2) is 0 Å². The lowest BCUT2D eigenvalue weighted by atomic mass is 10.1. The zero-order chi connectivity index (χ0) is 18.6. The molecule has 0 saturated heterocycles. The minimum Gasteiger partial charge on any atom is -0.508 e. The van der Waals surface area contributed by atoms with Crippen LogP contribution in [0.25, 0.3) is 0 Å². The summed E-state index contributed by atoms with van der Waals surface area (Å²) in [7, 11) is 0. The molecule has 0 amide bonds. The molecule has 0 bridgehead atoms. The van der Waals surface area contributed by atoms with Gasteiger partial charge in [-0.2, -0.15) is 0 Å². The average Bonchev–Trinajstić information content (AvgIpc) is 2.62. The Bertz CT molecular complexity index is 326. The average molecular weight is 363 g/mol. The molecule has 144 valence electrons. The summed E-state index contributed by atoms with van der Waals surface area (Å²) in [6, 6.07) is 7.09. The highest BCUT2D eigenvalue weighted by molar-refractivity contribution is 6.35. The lowest BCUT2D eigenvalue weighted by molar-refractivity contribution is 0.475. The maximum absolute atomic E-state index is 8.76. The van der Waals surface area contributed by atoms with Gasteiger partial charge in [-0.15, -0.1) is 0 Å². The predicted molar refractivity (Wildman–Crippen MR) is 116 cm³/mol. The summed E-state index contributed by atoms with van der Waals surface area (Å²) in [5.41, 5.74) is 1.17. The van der Waals surface area contributed by atoms with E-state index in [1.54, 1.807) is 35.5 Å². The van der Waals surface area contributed by atoms with E-state index in [1.807, 2.05) is 19.1 Å². The number of phenols is 1. The van der Waals surface area contributed by atoms with Crippen molar-refractivity contribution in [2.45, 2.75) is 108 Å². The molecule has 0 aromatic heterocycles. The standard InChI is InChI=1S/2C8H17.C7H8O.Al.H/c2*1-3-5-7-8-6-4-2;1-6-2-4-7(8)5-3-6;;/h2*1,3-8H2,2H3;2-5,8H,1H3;;. The fraction of sp³-hybridized carbons (Fsp3) is 0.739. The highest BCUT2D eigenvalue weighted by Crippen LogP contribution is 2.10. The van der Waals surface area contributed by atoms with E-state index in [9.17, 15) is 0 Å². The van der Waals surface area contributed by atoms with Crippen LogP contribution in [0.2, 0.25) is 10.6 Å². The first kappa shape index (κ1) is 24.6. The van der Waals surface area contributed by atoms with Crippen LogP contribution in [0.15, 0.2) is 24.3 Å². The molecule has 0 heterocycles. The lowest BCUT2D eigenvalue weighted by Gasteiger charge is -2.01. The zero-order valence-electron chi connectivity index (χ0n) is 17.4. The Morgan fingerprint density at radius 2 is 1.04 bits per heavy atom. The second-order valence-corrected chi connectivity index (χ2v) is 9.55. The maximum atomic E-state index is 8.76. The van der Waals surface area contributed by atoms with Crippen LogP contribution < -0.4 is 0 Å². The Labute approximate surface area is 164 Å². The van der Waals surface area contributed by atoms with Crippen LogP contribution in [-0.2, 0) is 0 Å². The molecule has 0 fully saturated rings. The number of phenolic OH excluding ortho intramolecular Hbond substituents is 1. The summed E-state index contributed by atoms with van der Waals surface area (Å²) < 4.78 is 0. The molecule has 1 N–H and O–H groups in total. The van der Waals surface area contributed by atoms with Crippen molar-refractivity contribution in [2.24, 2.45) is 0 Å². The van der Waals surface area contributed by atoms with Crippen molar-refractivity contribution >= 4 is 15.2 Å². The van der Waals surface area contributed by atoms with E-state index >= 15 is 0 Å². The van der Waals surface area contributed by atoms with Crippen molar-refractivity contribution in [3.05, 3.63) is 29.8 Å². The molecular formula is C23H43AlO.